The molecule has 94 heavy (non-hydrogen) atoms. The Labute approximate surface area is 566 Å². The number of benzene rings is 4. The summed E-state index contributed by atoms with van der Waals surface area (Å²) < 4.78 is 106. The Morgan fingerprint density at radius 1 is 0.543 bits per heavy atom. The monoisotopic (exact) mass is 1370 g/mol. The van der Waals surface area contributed by atoms with Crippen molar-refractivity contribution in [2.24, 2.45) is 35.5 Å². The molecule has 512 valence electrons. The number of nitrogens with zero attached hydrogens (tertiary/aromatic N) is 2. The SMILES string of the molecule is COCCO[C@H]1/C=C/[C@@H](C)C[C@@H](COC)S(=O)(=O)NC(=O)c2ccc3c(c2)N(C[C@@H]2CC[C@H]21)C[C@@]1(CCCc2cc(Cl)ccc21)CO3.COCCO[C@H]1/C=C/[C@H](C)C[C@@H](COC)S(=O)(=O)NC(=O)c2ccc3c(c2)N(C[C@@H]2CC[C@H]21)C[C@@]1(CCCc2cc(Cl)ccc21)CO3. The zero-order chi connectivity index (χ0) is 66.4. The van der Waals surface area contributed by atoms with Crippen LogP contribution in [0.4, 0.5) is 11.4 Å². The minimum absolute atomic E-state index is 0.0279. The Kier molecular flexibility index (Phi) is 22.9. The fraction of sp³-hybridized carbons (Fsp3) is 0.583. The van der Waals surface area contributed by atoms with Crippen molar-refractivity contribution in [2.45, 2.75) is 124 Å². The van der Waals surface area contributed by atoms with Crippen LogP contribution in [0.25, 0.3) is 0 Å². The van der Waals surface area contributed by atoms with Crippen molar-refractivity contribution in [3.63, 3.8) is 0 Å². The zero-order valence-electron chi connectivity index (χ0n) is 55.2. The van der Waals surface area contributed by atoms with Crippen LogP contribution in [0.5, 0.6) is 11.5 Å². The van der Waals surface area contributed by atoms with E-state index in [0.29, 0.717) is 88.9 Å². The maximum atomic E-state index is 13.6. The molecule has 12 rings (SSSR count). The fourth-order valence-electron chi connectivity index (χ4n) is 15.8. The standard InChI is InChI=1S/2C36H47ClN2O7S/c2*1-24-6-12-33(45-16-15-43-2)30-10-7-27(30)20-39-22-36(14-4-5-25-18-28(37)9-11-31(25)36)23-46-34-13-8-26(19-32(34)39)35(40)38-47(41,42)29(17-24)21-44-3/h2*6,8-9,11-13,18-19,24,27,29-30,33H,4-5,7,10,14-17,20-23H2,1-3H3,(H,38,40)/b2*12-6+/t24-,27+,29+,30-,33+,36+;24-,27-,29-,30+,33-,36-/m10/s1. The highest BCUT2D eigenvalue weighted by Crippen LogP contribution is 2.50. The minimum Gasteiger partial charge on any atom is -0.490 e. The number of anilines is 2. The number of fused-ring (bicyclic) bond motifs is 8. The van der Waals surface area contributed by atoms with Gasteiger partial charge < -0.3 is 47.7 Å². The van der Waals surface area contributed by atoms with Gasteiger partial charge in [0.05, 0.1) is 76.4 Å². The second-order valence-electron chi connectivity index (χ2n) is 27.5. The van der Waals surface area contributed by atoms with Gasteiger partial charge in [-0.15, -0.1) is 0 Å². The first-order valence-corrected chi connectivity index (χ1v) is 37.4. The van der Waals surface area contributed by atoms with Crippen LogP contribution in [-0.4, -0.2) is 159 Å². The summed E-state index contributed by atoms with van der Waals surface area (Å²) in [6.07, 6.45) is 18.8. The summed E-state index contributed by atoms with van der Waals surface area (Å²) in [7, 11) is -1.81. The van der Waals surface area contributed by atoms with Crippen LogP contribution < -0.4 is 28.7 Å². The summed E-state index contributed by atoms with van der Waals surface area (Å²) in [6, 6.07) is 22.9. The zero-order valence-corrected chi connectivity index (χ0v) is 58.3. The summed E-state index contributed by atoms with van der Waals surface area (Å²) in [6.45, 7) is 9.80. The summed E-state index contributed by atoms with van der Waals surface area (Å²) in [5.74, 6) is 1.17. The molecule has 4 aromatic carbocycles. The number of ether oxygens (including phenoxy) is 8. The second kappa shape index (κ2) is 30.7. The Bertz CT molecular complexity index is 3400. The number of allylic oxidation sites excluding steroid dienone is 2. The lowest BCUT2D eigenvalue weighted by Crippen LogP contribution is -2.49. The molecule has 2 fully saturated rings. The number of rotatable bonds is 12. The van der Waals surface area contributed by atoms with Gasteiger partial charge in [-0.25, -0.2) is 26.3 Å². The maximum absolute atomic E-state index is 13.6. The van der Waals surface area contributed by atoms with E-state index in [9.17, 15) is 26.4 Å². The van der Waals surface area contributed by atoms with Crippen molar-refractivity contribution in [1.29, 1.82) is 0 Å². The highest BCUT2D eigenvalue weighted by molar-refractivity contribution is 7.91. The van der Waals surface area contributed by atoms with E-state index in [1.807, 2.05) is 38.1 Å². The molecule has 0 unspecified atom stereocenters. The maximum Gasteiger partial charge on any atom is 0.264 e. The van der Waals surface area contributed by atoms with Gasteiger partial charge in [0.15, 0.2) is 0 Å². The van der Waals surface area contributed by atoms with Crippen LogP contribution in [0.2, 0.25) is 10.0 Å². The first kappa shape index (κ1) is 70.1. The van der Waals surface area contributed by atoms with E-state index in [1.165, 1.54) is 36.5 Å². The van der Waals surface area contributed by atoms with Crippen LogP contribution in [-0.2, 0) is 72.1 Å². The predicted octanol–water partition coefficient (Wildman–Crippen LogP) is 11.1. The Hall–Kier alpha value is -5.26. The molecule has 2 spiro atoms. The number of carbonyl (C=O) groups is 2. The summed E-state index contributed by atoms with van der Waals surface area (Å²) in [5, 5.41) is -0.343. The molecule has 4 heterocycles. The molecular formula is C72H94Cl2N4O14S2. The van der Waals surface area contributed by atoms with Gasteiger partial charge in [-0.1, -0.05) is 73.5 Å². The van der Waals surface area contributed by atoms with E-state index in [-0.39, 0.29) is 71.1 Å². The third kappa shape index (κ3) is 15.8. The van der Waals surface area contributed by atoms with Crippen molar-refractivity contribution >= 4 is 66.4 Å². The van der Waals surface area contributed by atoms with Crippen molar-refractivity contribution in [3.05, 3.63) is 141 Å². The summed E-state index contributed by atoms with van der Waals surface area (Å²) in [4.78, 5) is 31.9. The molecule has 2 amide bonds. The molecule has 22 heteroatoms. The molecular weight excluding hydrogens is 1280 g/mol. The van der Waals surface area contributed by atoms with Crippen LogP contribution in [0, 0.1) is 35.5 Å². The van der Waals surface area contributed by atoms with Crippen molar-refractivity contribution in [3.8, 4) is 11.5 Å². The van der Waals surface area contributed by atoms with Crippen molar-refractivity contribution in [1.82, 2.24) is 9.44 Å². The van der Waals surface area contributed by atoms with Gasteiger partial charge in [-0.3, -0.25) is 9.59 Å². The van der Waals surface area contributed by atoms with E-state index in [4.69, 9.17) is 61.1 Å². The quantitative estimate of drug-likeness (QED) is 0.0999. The topological polar surface area (TPSA) is 207 Å². The molecule has 4 aliphatic carbocycles. The van der Waals surface area contributed by atoms with Crippen LogP contribution >= 0.6 is 23.2 Å². The number of hydrogen-bond donors (Lipinski definition) is 2. The molecule has 0 saturated heterocycles. The van der Waals surface area contributed by atoms with Gasteiger partial charge in [-0.05, 0) is 195 Å². The average Bonchev–Trinajstić information content (AvgIpc) is 1.61. The van der Waals surface area contributed by atoms with E-state index < -0.39 is 42.4 Å². The molecule has 4 aromatic rings. The number of carbonyl (C=O) groups excluding carboxylic acids is 2. The van der Waals surface area contributed by atoms with Gasteiger partial charge in [0.2, 0.25) is 20.0 Å². The molecule has 2 saturated carbocycles. The third-order valence-corrected chi connectivity index (χ3v) is 24.9. The fourth-order valence-corrected chi connectivity index (χ4v) is 19.1. The van der Waals surface area contributed by atoms with E-state index in [1.54, 1.807) is 38.5 Å². The Balaban J connectivity index is 0.000000192. The second-order valence-corrected chi connectivity index (χ2v) is 32.3. The largest absolute Gasteiger partial charge is 0.490 e. The van der Waals surface area contributed by atoms with Gasteiger partial charge in [0, 0.05) is 86.6 Å². The molecule has 2 N–H and O–H groups in total. The number of methoxy groups -OCH3 is 4. The lowest BCUT2D eigenvalue weighted by molar-refractivity contribution is -0.0311. The number of amides is 2. The highest BCUT2D eigenvalue weighted by Gasteiger charge is 2.47. The van der Waals surface area contributed by atoms with E-state index >= 15 is 0 Å². The van der Waals surface area contributed by atoms with Crippen LogP contribution in [0.3, 0.4) is 0 Å². The number of sulfonamides is 2. The molecule has 18 nitrogen and oxygen atoms in total. The average molecular weight is 1370 g/mol. The Morgan fingerprint density at radius 3 is 1.35 bits per heavy atom. The smallest absolute Gasteiger partial charge is 0.264 e. The molecule has 4 aliphatic heterocycles. The molecule has 0 radical (unpaired) electrons. The first-order chi connectivity index (χ1) is 45.2. The molecule has 8 aliphatic rings. The van der Waals surface area contributed by atoms with E-state index in [2.05, 4.69) is 67.8 Å². The first-order valence-electron chi connectivity index (χ1n) is 33.5. The van der Waals surface area contributed by atoms with Crippen LogP contribution in [0.15, 0.2) is 97.1 Å². The number of halogens is 2. The van der Waals surface area contributed by atoms with E-state index in [0.717, 1.165) is 98.7 Å². The molecule has 0 aromatic heterocycles. The number of nitrogens with one attached hydrogen (secondary N) is 2. The lowest BCUT2D eigenvalue weighted by atomic mass is 9.68. The van der Waals surface area contributed by atoms with Crippen molar-refractivity contribution < 1.29 is 64.3 Å². The molecule has 12 atom stereocenters. The Morgan fingerprint density at radius 2 is 0.968 bits per heavy atom. The van der Waals surface area contributed by atoms with Gasteiger partial charge in [0.25, 0.3) is 11.8 Å². The third-order valence-electron chi connectivity index (χ3n) is 21.1. The molecule has 4 bridgehead atoms. The summed E-state index contributed by atoms with van der Waals surface area (Å²) >= 11 is 12.9. The van der Waals surface area contributed by atoms with Gasteiger partial charge >= 0.3 is 0 Å². The van der Waals surface area contributed by atoms with Gasteiger partial charge in [-0.2, -0.15) is 0 Å². The number of hydrogen-bond acceptors (Lipinski definition) is 16. The lowest BCUT2D eigenvalue weighted by Gasteiger charge is -2.46. The summed E-state index contributed by atoms with van der Waals surface area (Å²) in [5.41, 5.74) is 6.69. The minimum atomic E-state index is -4.05. The van der Waals surface area contributed by atoms with Gasteiger partial charge in [0.1, 0.15) is 22.0 Å². The predicted molar refractivity (Wildman–Crippen MR) is 366 cm³/mol. The van der Waals surface area contributed by atoms with Crippen molar-refractivity contribution in [2.75, 3.05) is 117 Å². The normalized spacial score (nSPS) is 31.0. The number of aryl methyl sites for hydroxylation is 2. The van der Waals surface area contributed by atoms with Crippen LogP contribution in [0.1, 0.15) is 121 Å². The highest BCUT2D eigenvalue weighted by atomic mass is 35.5.